The molecule has 4 rings (SSSR count). The van der Waals surface area contributed by atoms with Gasteiger partial charge in [-0.3, -0.25) is 9.59 Å². The fraction of sp³-hybridized carbons (Fsp3) is 0.200. The molecule has 0 saturated heterocycles. The monoisotopic (exact) mass is 416 g/mol. The molecule has 1 aromatic heterocycles. The van der Waals surface area contributed by atoms with Crippen LogP contribution in [0.2, 0.25) is 0 Å². The molecule has 2 aromatic carbocycles. The summed E-state index contributed by atoms with van der Waals surface area (Å²) in [5.41, 5.74) is 4.23. The second-order valence-electron chi connectivity index (χ2n) is 7.51. The third-order valence-electron chi connectivity index (χ3n) is 5.28. The molecule has 1 aliphatic rings. The maximum Gasteiger partial charge on any atom is 0.268 e. The number of hydrogen-bond donors (Lipinski definition) is 2. The topological polar surface area (TPSA) is 58.2 Å². The maximum absolute atomic E-state index is 13.2. The van der Waals surface area contributed by atoms with Crippen molar-refractivity contribution in [3.63, 3.8) is 0 Å². The van der Waals surface area contributed by atoms with Gasteiger partial charge >= 0.3 is 0 Å². The number of benzene rings is 2. The summed E-state index contributed by atoms with van der Waals surface area (Å²) in [6, 6.07) is 19.4. The summed E-state index contributed by atoms with van der Waals surface area (Å²) < 4.78 is 0. The summed E-state index contributed by atoms with van der Waals surface area (Å²) in [4.78, 5) is 26.9. The van der Waals surface area contributed by atoms with E-state index in [1.165, 1.54) is 16.9 Å². The van der Waals surface area contributed by atoms with Crippen molar-refractivity contribution in [2.24, 2.45) is 0 Å². The van der Waals surface area contributed by atoms with Gasteiger partial charge < -0.3 is 10.6 Å². The average Bonchev–Trinajstić information content (AvgIpc) is 3.26. The molecular weight excluding hydrogens is 392 g/mol. The molecule has 0 bridgehead atoms. The minimum atomic E-state index is -0.291. The highest BCUT2D eigenvalue weighted by molar-refractivity contribution is 7.10. The zero-order chi connectivity index (χ0) is 20.9. The predicted octanol–water partition coefficient (Wildman–Crippen LogP) is 5.02. The van der Waals surface area contributed by atoms with Gasteiger partial charge in [-0.1, -0.05) is 48.0 Å². The van der Waals surface area contributed by atoms with Gasteiger partial charge in [-0.05, 0) is 67.0 Å². The van der Waals surface area contributed by atoms with Crippen molar-refractivity contribution in [2.45, 2.75) is 32.2 Å². The molecule has 1 heterocycles. The van der Waals surface area contributed by atoms with Crippen LogP contribution in [-0.2, 0) is 11.2 Å². The van der Waals surface area contributed by atoms with Crippen LogP contribution in [0.5, 0.6) is 0 Å². The van der Waals surface area contributed by atoms with E-state index in [4.69, 9.17) is 0 Å². The van der Waals surface area contributed by atoms with E-state index in [-0.39, 0.29) is 23.6 Å². The van der Waals surface area contributed by atoms with E-state index >= 15 is 0 Å². The minimum Gasteiger partial charge on any atom is -0.344 e. The number of aryl methyl sites for hydroxylation is 2. The van der Waals surface area contributed by atoms with Gasteiger partial charge in [-0.2, -0.15) is 0 Å². The summed E-state index contributed by atoms with van der Waals surface area (Å²) in [6.07, 6.45) is 4.69. The second kappa shape index (κ2) is 9.09. The van der Waals surface area contributed by atoms with E-state index in [9.17, 15) is 9.59 Å². The number of thiophene rings is 1. The van der Waals surface area contributed by atoms with E-state index in [1.807, 2.05) is 54.8 Å². The molecule has 0 saturated carbocycles. The molecule has 1 aliphatic carbocycles. The smallest absolute Gasteiger partial charge is 0.268 e. The molecular formula is C25H24N2O2S. The third-order valence-corrected chi connectivity index (χ3v) is 6.10. The second-order valence-corrected chi connectivity index (χ2v) is 8.49. The van der Waals surface area contributed by atoms with Gasteiger partial charge in [0.25, 0.3) is 11.8 Å². The number of fused-ring (bicyclic) bond motifs is 1. The zero-order valence-electron chi connectivity index (χ0n) is 16.9. The SMILES string of the molecule is Cc1cccc(C(=O)N/C(=C\c2cccs2)C(=O)NC2CCCc3ccccc32)c1. The first-order chi connectivity index (χ1) is 14.6. The fourth-order valence-corrected chi connectivity index (χ4v) is 4.45. The van der Waals surface area contributed by atoms with Crippen molar-refractivity contribution in [3.05, 3.63) is 98.9 Å². The van der Waals surface area contributed by atoms with Crippen molar-refractivity contribution in [1.29, 1.82) is 0 Å². The van der Waals surface area contributed by atoms with E-state index < -0.39 is 0 Å². The molecule has 30 heavy (non-hydrogen) atoms. The number of amides is 2. The largest absolute Gasteiger partial charge is 0.344 e. The van der Waals surface area contributed by atoms with Gasteiger partial charge in [0.2, 0.25) is 0 Å². The van der Waals surface area contributed by atoms with Crippen LogP contribution in [0.1, 0.15) is 50.8 Å². The van der Waals surface area contributed by atoms with Gasteiger partial charge in [0.05, 0.1) is 6.04 Å². The van der Waals surface area contributed by atoms with Crippen molar-refractivity contribution < 1.29 is 9.59 Å². The summed E-state index contributed by atoms with van der Waals surface area (Å²) in [5, 5.41) is 7.91. The van der Waals surface area contributed by atoms with Crippen LogP contribution < -0.4 is 10.6 Å². The van der Waals surface area contributed by atoms with E-state index in [1.54, 1.807) is 12.1 Å². The van der Waals surface area contributed by atoms with E-state index in [0.29, 0.717) is 5.56 Å². The van der Waals surface area contributed by atoms with Crippen LogP contribution in [0.4, 0.5) is 0 Å². The number of hydrogen-bond acceptors (Lipinski definition) is 3. The Morgan fingerprint density at radius 3 is 2.73 bits per heavy atom. The Labute approximate surface area is 180 Å². The highest BCUT2D eigenvalue weighted by Crippen LogP contribution is 2.29. The Bertz CT molecular complexity index is 1090. The summed E-state index contributed by atoms with van der Waals surface area (Å²) in [6.45, 7) is 1.94. The van der Waals surface area contributed by atoms with Gasteiger partial charge in [0.1, 0.15) is 5.70 Å². The first-order valence-electron chi connectivity index (χ1n) is 10.1. The molecule has 0 fully saturated rings. The first-order valence-corrected chi connectivity index (χ1v) is 11.0. The Morgan fingerprint density at radius 1 is 1.07 bits per heavy atom. The van der Waals surface area contributed by atoms with Crippen LogP contribution >= 0.6 is 11.3 Å². The molecule has 5 heteroatoms. The molecule has 152 valence electrons. The first kappa shape index (κ1) is 20.1. The molecule has 2 N–H and O–H groups in total. The predicted molar refractivity (Wildman–Crippen MR) is 121 cm³/mol. The normalized spacial score (nSPS) is 15.9. The maximum atomic E-state index is 13.2. The Balaban J connectivity index is 1.57. The summed E-state index contributed by atoms with van der Waals surface area (Å²) in [5.74, 6) is -0.563. The number of nitrogens with one attached hydrogen (secondary N) is 2. The molecule has 0 aliphatic heterocycles. The van der Waals surface area contributed by atoms with Crippen LogP contribution in [0.15, 0.2) is 71.7 Å². The summed E-state index contributed by atoms with van der Waals surface area (Å²) in [7, 11) is 0. The third kappa shape index (κ3) is 4.69. The van der Waals surface area contributed by atoms with Gasteiger partial charge in [0.15, 0.2) is 0 Å². The highest BCUT2D eigenvalue weighted by atomic mass is 32.1. The van der Waals surface area contributed by atoms with Crippen LogP contribution in [0.3, 0.4) is 0 Å². The molecule has 2 amide bonds. The molecule has 4 nitrogen and oxygen atoms in total. The van der Waals surface area contributed by atoms with Crippen LogP contribution in [0.25, 0.3) is 6.08 Å². The molecule has 0 spiro atoms. The van der Waals surface area contributed by atoms with Gasteiger partial charge in [0, 0.05) is 10.4 Å². The lowest BCUT2D eigenvalue weighted by atomic mass is 9.87. The minimum absolute atomic E-state index is 0.0509. The lowest BCUT2D eigenvalue weighted by molar-refractivity contribution is -0.118. The lowest BCUT2D eigenvalue weighted by Gasteiger charge is -2.26. The molecule has 3 aromatic rings. The van der Waals surface area contributed by atoms with Crippen LogP contribution in [-0.4, -0.2) is 11.8 Å². The molecule has 1 unspecified atom stereocenters. The van der Waals surface area contributed by atoms with Crippen molar-refractivity contribution in [3.8, 4) is 0 Å². The van der Waals surface area contributed by atoms with Crippen molar-refractivity contribution in [2.75, 3.05) is 0 Å². The van der Waals surface area contributed by atoms with Crippen molar-refractivity contribution >= 4 is 29.2 Å². The lowest BCUT2D eigenvalue weighted by Crippen LogP contribution is -2.37. The van der Waals surface area contributed by atoms with Gasteiger partial charge in [-0.15, -0.1) is 11.3 Å². The fourth-order valence-electron chi connectivity index (χ4n) is 3.79. The number of carbonyl (C=O) groups is 2. The average molecular weight is 417 g/mol. The summed E-state index contributed by atoms with van der Waals surface area (Å²) >= 11 is 1.52. The molecule has 0 radical (unpaired) electrons. The quantitative estimate of drug-likeness (QED) is 0.574. The number of rotatable bonds is 5. The Morgan fingerprint density at radius 2 is 1.93 bits per heavy atom. The van der Waals surface area contributed by atoms with Crippen LogP contribution in [0, 0.1) is 6.92 Å². The Hall–Kier alpha value is -3.18. The van der Waals surface area contributed by atoms with E-state index in [0.717, 1.165) is 35.3 Å². The highest BCUT2D eigenvalue weighted by Gasteiger charge is 2.23. The standard InChI is InChI=1S/C25H24N2O2S/c1-17-7-4-10-19(15-17)24(28)27-23(16-20-11-6-14-30-20)25(29)26-22-13-5-9-18-8-2-3-12-21(18)22/h2-4,6-8,10-12,14-16,22H,5,9,13H2,1H3,(H,26,29)(H,27,28)/b23-16-. The van der Waals surface area contributed by atoms with Gasteiger partial charge in [-0.25, -0.2) is 0 Å². The number of carbonyl (C=O) groups excluding carboxylic acids is 2. The Kier molecular flexibility index (Phi) is 6.10. The zero-order valence-corrected chi connectivity index (χ0v) is 17.7. The van der Waals surface area contributed by atoms with Crippen molar-refractivity contribution in [1.82, 2.24) is 10.6 Å². The molecule has 1 atom stereocenters. The van der Waals surface area contributed by atoms with E-state index in [2.05, 4.69) is 22.8 Å².